The number of nitro groups is 1. The molecule has 1 saturated heterocycles. The van der Waals surface area contributed by atoms with Gasteiger partial charge in [0.25, 0.3) is 11.6 Å². The fourth-order valence-corrected chi connectivity index (χ4v) is 3.09. The quantitative estimate of drug-likeness (QED) is 0.440. The smallest absolute Gasteiger partial charge is 0.338 e. The maximum atomic E-state index is 12.4. The Morgan fingerprint density at radius 3 is 2.43 bits per heavy atom. The van der Waals surface area contributed by atoms with Gasteiger partial charge in [-0.25, -0.2) is 4.79 Å². The Balaban J connectivity index is 1.57. The predicted octanol–water partition coefficient (Wildman–Crippen LogP) is 2.92. The molecule has 1 atom stereocenters. The molecule has 1 fully saturated rings. The summed E-state index contributed by atoms with van der Waals surface area (Å²) in [5.74, 6) is -1.19. The Kier molecular flexibility index (Phi) is 6.63. The lowest BCUT2D eigenvalue weighted by molar-refractivity contribution is -0.385. The minimum absolute atomic E-state index is 0.0853. The fourth-order valence-electron chi connectivity index (χ4n) is 3.09. The van der Waals surface area contributed by atoms with Crippen molar-refractivity contribution >= 4 is 28.9 Å². The van der Waals surface area contributed by atoms with Crippen LogP contribution in [0.5, 0.6) is 0 Å². The molecule has 0 spiro atoms. The van der Waals surface area contributed by atoms with E-state index >= 15 is 0 Å². The number of carbonyl (C=O) groups excluding carboxylic acids is 2. The van der Waals surface area contributed by atoms with Crippen molar-refractivity contribution in [3.63, 3.8) is 0 Å². The minimum Gasteiger partial charge on any atom is -0.449 e. The third-order valence-corrected chi connectivity index (χ3v) is 4.79. The molecule has 9 heteroatoms. The number of esters is 1. The summed E-state index contributed by atoms with van der Waals surface area (Å²) >= 11 is 0. The van der Waals surface area contributed by atoms with Gasteiger partial charge in [-0.15, -0.1) is 0 Å². The van der Waals surface area contributed by atoms with Crippen molar-refractivity contribution < 1.29 is 24.0 Å². The normalized spacial score (nSPS) is 14.7. The number of nitro benzene ring substituents is 1. The number of hydrogen-bond acceptors (Lipinski definition) is 7. The van der Waals surface area contributed by atoms with Gasteiger partial charge in [0.2, 0.25) is 0 Å². The molecule has 0 saturated carbocycles. The molecule has 1 aliphatic heterocycles. The summed E-state index contributed by atoms with van der Waals surface area (Å²) < 4.78 is 10.5. The van der Waals surface area contributed by atoms with E-state index in [0.29, 0.717) is 24.5 Å². The van der Waals surface area contributed by atoms with Crippen LogP contribution < -0.4 is 10.2 Å². The van der Waals surface area contributed by atoms with Crippen LogP contribution in [0.15, 0.2) is 42.5 Å². The van der Waals surface area contributed by atoms with E-state index in [1.807, 2.05) is 12.1 Å². The number of nitrogens with one attached hydrogen (secondary N) is 1. The number of benzene rings is 2. The monoisotopic (exact) mass is 413 g/mol. The number of anilines is 2. The number of amides is 1. The van der Waals surface area contributed by atoms with Gasteiger partial charge in [0.05, 0.1) is 23.7 Å². The second-order valence-electron chi connectivity index (χ2n) is 6.94. The third kappa shape index (κ3) is 5.12. The summed E-state index contributed by atoms with van der Waals surface area (Å²) in [5, 5.41) is 13.6. The van der Waals surface area contributed by atoms with Crippen LogP contribution in [0, 0.1) is 17.0 Å². The second-order valence-corrected chi connectivity index (χ2v) is 6.94. The van der Waals surface area contributed by atoms with Crippen LogP contribution in [0.3, 0.4) is 0 Å². The van der Waals surface area contributed by atoms with Gasteiger partial charge in [0, 0.05) is 36.1 Å². The van der Waals surface area contributed by atoms with Crippen LogP contribution in [0.2, 0.25) is 0 Å². The fraction of sp³-hybridized carbons (Fsp3) is 0.333. The molecule has 1 N–H and O–H groups in total. The molecule has 2 aromatic rings. The Hall–Kier alpha value is -3.46. The van der Waals surface area contributed by atoms with Gasteiger partial charge >= 0.3 is 5.97 Å². The van der Waals surface area contributed by atoms with Crippen molar-refractivity contribution in [1.82, 2.24) is 0 Å². The summed E-state index contributed by atoms with van der Waals surface area (Å²) in [5.41, 5.74) is 2.03. The van der Waals surface area contributed by atoms with Crippen LogP contribution in [0.25, 0.3) is 0 Å². The zero-order valence-electron chi connectivity index (χ0n) is 16.8. The van der Waals surface area contributed by atoms with Crippen LogP contribution >= 0.6 is 0 Å². The van der Waals surface area contributed by atoms with Crippen molar-refractivity contribution in [2.24, 2.45) is 0 Å². The molecule has 1 aliphatic rings. The van der Waals surface area contributed by atoms with Crippen molar-refractivity contribution in [3.8, 4) is 0 Å². The molecule has 158 valence electrons. The predicted molar refractivity (Wildman–Crippen MR) is 111 cm³/mol. The van der Waals surface area contributed by atoms with E-state index in [-0.39, 0.29) is 11.3 Å². The van der Waals surface area contributed by atoms with E-state index in [1.54, 1.807) is 12.1 Å². The van der Waals surface area contributed by atoms with E-state index in [9.17, 15) is 19.7 Å². The molecule has 9 nitrogen and oxygen atoms in total. The summed E-state index contributed by atoms with van der Waals surface area (Å²) in [6, 6.07) is 11.3. The summed E-state index contributed by atoms with van der Waals surface area (Å²) in [4.78, 5) is 37.2. The molecule has 0 radical (unpaired) electrons. The topological polar surface area (TPSA) is 111 Å². The number of nitrogens with zero attached hydrogens (tertiary/aromatic N) is 2. The number of morpholine rings is 1. The number of rotatable bonds is 6. The largest absolute Gasteiger partial charge is 0.449 e. The molecule has 0 aliphatic carbocycles. The number of hydrogen-bond donors (Lipinski definition) is 1. The van der Waals surface area contributed by atoms with Crippen LogP contribution in [0.1, 0.15) is 22.8 Å². The third-order valence-electron chi connectivity index (χ3n) is 4.79. The van der Waals surface area contributed by atoms with E-state index in [2.05, 4.69) is 10.2 Å². The first-order valence-corrected chi connectivity index (χ1v) is 9.55. The summed E-state index contributed by atoms with van der Waals surface area (Å²) in [6.45, 7) is 6.02. The Morgan fingerprint density at radius 1 is 1.17 bits per heavy atom. The average Bonchev–Trinajstić information content (AvgIpc) is 2.74. The Morgan fingerprint density at radius 2 is 1.83 bits per heavy atom. The van der Waals surface area contributed by atoms with Gasteiger partial charge in [-0.05, 0) is 50.2 Å². The molecule has 1 amide bonds. The van der Waals surface area contributed by atoms with Gasteiger partial charge in [-0.1, -0.05) is 0 Å². The first kappa shape index (κ1) is 21.3. The molecule has 30 heavy (non-hydrogen) atoms. The molecular formula is C21H23N3O6. The lowest BCUT2D eigenvalue weighted by atomic mass is 10.1. The van der Waals surface area contributed by atoms with Gasteiger partial charge in [-0.3, -0.25) is 14.9 Å². The van der Waals surface area contributed by atoms with Gasteiger partial charge in [-0.2, -0.15) is 0 Å². The maximum Gasteiger partial charge on any atom is 0.338 e. The molecule has 2 aromatic carbocycles. The van der Waals surface area contributed by atoms with Gasteiger partial charge < -0.3 is 19.7 Å². The average molecular weight is 413 g/mol. The SMILES string of the molecule is Cc1cc(C(=O)O[C@H](C)C(=O)Nc2ccc(N3CCOCC3)cc2)ccc1[N+](=O)[O-]. The Labute approximate surface area is 173 Å². The summed E-state index contributed by atoms with van der Waals surface area (Å²) in [7, 11) is 0. The number of carbonyl (C=O) groups is 2. The van der Waals surface area contributed by atoms with E-state index in [4.69, 9.17) is 9.47 Å². The van der Waals surface area contributed by atoms with Crippen molar-refractivity contribution in [1.29, 1.82) is 0 Å². The van der Waals surface area contributed by atoms with E-state index in [1.165, 1.54) is 32.0 Å². The Bertz CT molecular complexity index is 938. The minimum atomic E-state index is -1.04. The maximum absolute atomic E-state index is 12.4. The highest BCUT2D eigenvalue weighted by atomic mass is 16.6. The highest BCUT2D eigenvalue weighted by Crippen LogP contribution is 2.21. The lowest BCUT2D eigenvalue weighted by Crippen LogP contribution is -2.36. The molecular weight excluding hydrogens is 390 g/mol. The number of aryl methyl sites for hydroxylation is 1. The molecule has 0 unspecified atom stereocenters. The van der Waals surface area contributed by atoms with Gasteiger partial charge in [0.1, 0.15) is 0 Å². The molecule has 0 aromatic heterocycles. The molecule has 1 heterocycles. The highest BCUT2D eigenvalue weighted by Gasteiger charge is 2.21. The van der Waals surface area contributed by atoms with E-state index in [0.717, 1.165) is 18.8 Å². The van der Waals surface area contributed by atoms with Crippen LogP contribution in [0.4, 0.5) is 17.1 Å². The van der Waals surface area contributed by atoms with E-state index < -0.39 is 22.9 Å². The van der Waals surface area contributed by atoms with Gasteiger partial charge in [0.15, 0.2) is 6.10 Å². The first-order chi connectivity index (χ1) is 14.3. The lowest BCUT2D eigenvalue weighted by Gasteiger charge is -2.28. The van der Waals surface area contributed by atoms with Crippen LogP contribution in [-0.4, -0.2) is 49.2 Å². The standard InChI is InChI=1S/C21H23N3O6/c1-14-13-16(3-8-19(14)24(27)28)21(26)30-15(2)20(25)22-17-4-6-18(7-5-17)23-9-11-29-12-10-23/h3-8,13,15H,9-12H2,1-2H3,(H,22,25)/t15-/m1/s1. The zero-order chi connectivity index (χ0) is 21.7. The second kappa shape index (κ2) is 9.36. The first-order valence-electron chi connectivity index (χ1n) is 9.55. The van der Waals surface area contributed by atoms with Crippen molar-refractivity contribution in [3.05, 3.63) is 63.7 Å². The van der Waals surface area contributed by atoms with Crippen molar-refractivity contribution in [2.75, 3.05) is 36.5 Å². The zero-order valence-corrected chi connectivity index (χ0v) is 16.8. The summed E-state index contributed by atoms with van der Waals surface area (Å²) in [6.07, 6.45) is -1.04. The highest BCUT2D eigenvalue weighted by molar-refractivity contribution is 5.97. The van der Waals surface area contributed by atoms with Crippen molar-refractivity contribution in [2.45, 2.75) is 20.0 Å². The molecule has 0 bridgehead atoms. The number of ether oxygens (including phenoxy) is 2. The van der Waals surface area contributed by atoms with Crippen LogP contribution in [-0.2, 0) is 14.3 Å². The molecule has 3 rings (SSSR count).